The van der Waals surface area contributed by atoms with Gasteiger partial charge in [-0.1, -0.05) is 6.07 Å². The third-order valence-electron chi connectivity index (χ3n) is 6.69. The normalized spacial score (nSPS) is 13.5. The molecule has 6 rings (SSSR count). The molecule has 9 nitrogen and oxygen atoms in total. The smallest absolute Gasteiger partial charge is 0.254 e. The highest BCUT2D eigenvalue weighted by Gasteiger charge is 2.22. The van der Waals surface area contributed by atoms with E-state index < -0.39 is 11.6 Å². The predicted octanol–water partition coefficient (Wildman–Crippen LogP) is 4.71. The SMILES string of the molecule is Nc1c(C(=O)c2cc3cc(C(=O)N4CCOCC4)ccc3[nH]2)cnn1-c1ccc(Oc2cccc(F)c2F)cc1. The molecule has 0 unspecified atom stereocenters. The largest absolute Gasteiger partial charge is 0.454 e. The Balaban J connectivity index is 1.21. The Morgan fingerprint density at radius 3 is 2.55 bits per heavy atom. The van der Waals surface area contributed by atoms with Gasteiger partial charge in [0.25, 0.3) is 5.91 Å². The molecule has 1 saturated heterocycles. The van der Waals surface area contributed by atoms with E-state index in [1.165, 1.54) is 23.0 Å². The molecule has 5 aromatic rings. The molecule has 0 saturated carbocycles. The highest BCUT2D eigenvalue weighted by atomic mass is 19.2. The molecule has 3 aromatic carbocycles. The van der Waals surface area contributed by atoms with E-state index in [0.29, 0.717) is 48.8 Å². The molecule has 40 heavy (non-hydrogen) atoms. The molecule has 1 aliphatic rings. The fraction of sp³-hybridized carbons (Fsp3) is 0.138. The molecule has 1 amide bonds. The lowest BCUT2D eigenvalue weighted by Gasteiger charge is -2.26. The van der Waals surface area contributed by atoms with Crippen molar-refractivity contribution >= 4 is 28.4 Å². The third-order valence-corrected chi connectivity index (χ3v) is 6.69. The van der Waals surface area contributed by atoms with Gasteiger partial charge in [0.05, 0.1) is 36.4 Å². The van der Waals surface area contributed by atoms with Crippen molar-refractivity contribution in [2.45, 2.75) is 0 Å². The number of aromatic nitrogens is 3. The molecule has 3 N–H and O–H groups in total. The number of nitrogens with two attached hydrogens (primary N) is 1. The number of fused-ring (bicyclic) bond motifs is 1. The second-order valence-electron chi connectivity index (χ2n) is 9.22. The number of rotatable bonds is 6. The molecular formula is C29H23F2N5O4. The average molecular weight is 544 g/mol. The Labute approximate surface area is 226 Å². The second-order valence-corrected chi connectivity index (χ2v) is 9.22. The summed E-state index contributed by atoms with van der Waals surface area (Å²) in [4.78, 5) is 31.0. The van der Waals surface area contributed by atoms with Crippen LogP contribution in [0.25, 0.3) is 16.6 Å². The first-order valence-electron chi connectivity index (χ1n) is 12.5. The zero-order valence-corrected chi connectivity index (χ0v) is 21.1. The van der Waals surface area contributed by atoms with E-state index in [-0.39, 0.29) is 34.6 Å². The molecule has 1 fully saturated rings. The Kier molecular flexibility index (Phi) is 6.48. The monoisotopic (exact) mass is 543 g/mol. The Hall–Kier alpha value is -5.03. The van der Waals surface area contributed by atoms with E-state index in [1.54, 1.807) is 53.4 Å². The number of hydrogen-bond acceptors (Lipinski definition) is 6. The van der Waals surface area contributed by atoms with Gasteiger partial charge in [-0.25, -0.2) is 9.07 Å². The number of anilines is 1. The number of morpholine rings is 1. The van der Waals surface area contributed by atoms with Gasteiger partial charge in [-0.2, -0.15) is 9.49 Å². The second kappa shape index (κ2) is 10.3. The minimum atomic E-state index is -1.08. The Bertz CT molecular complexity index is 1740. The Morgan fingerprint density at radius 2 is 1.77 bits per heavy atom. The Morgan fingerprint density at radius 1 is 1.00 bits per heavy atom. The van der Waals surface area contributed by atoms with Crippen LogP contribution in [0.5, 0.6) is 11.5 Å². The molecular weight excluding hydrogens is 520 g/mol. The van der Waals surface area contributed by atoms with Crippen LogP contribution in [-0.2, 0) is 4.74 Å². The van der Waals surface area contributed by atoms with Crippen LogP contribution in [-0.4, -0.2) is 57.7 Å². The number of carbonyl (C=O) groups excluding carboxylic acids is 2. The maximum atomic E-state index is 13.9. The lowest BCUT2D eigenvalue weighted by molar-refractivity contribution is 0.0303. The van der Waals surface area contributed by atoms with Crippen LogP contribution in [0.2, 0.25) is 0 Å². The van der Waals surface area contributed by atoms with E-state index in [0.717, 1.165) is 11.5 Å². The zero-order chi connectivity index (χ0) is 27.8. The summed E-state index contributed by atoms with van der Waals surface area (Å²) in [6.45, 7) is 2.11. The number of aromatic amines is 1. The summed E-state index contributed by atoms with van der Waals surface area (Å²) in [6.07, 6.45) is 1.38. The maximum Gasteiger partial charge on any atom is 0.254 e. The summed E-state index contributed by atoms with van der Waals surface area (Å²) in [5, 5.41) is 4.98. The van der Waals surface area contributed by atoms with Crippen LogP contribution >= 0.6 is 0 Å². The molecule has 11 heteroatoms. The first-order valence-corrected chi connectivity index (χ1v) is 12.5. The topological polar surface area (TPSA) is 115 Å². The fourth-order valence-corrected chi connectivity index (χ4v) is 4.57. The van der Waals surface area contributed by atoms with Crippen LogP contribution in [0.1, 0.15) is 26.4 Å². The number of nitrogen functional groups attached to an aromatic ring is 1. The van der Waals surface area contributed by atoms with E-state index >= 15 is 0 Å². The lowest BCUT2D eigenvalue weighted by atomic mass is 10.1. The number of ether oxygens (including phenoxy) is 2. The minimum Gasteiger partial charge on any atom is -0.454 e. The summed E-state index contributed by atoms with van der Waals surface area (Å²) >= 11 is 0. The predicted molar refractivity (Wildman–Crippen MR) is 143 cm³/mol. The zero-order valence-electron chi connectivity index (χ0n) is 21.1. The lowest BCUT2D eigenvalue weighted by Crippen LogP contribution is -2.40. The van der Waals surface area contributed by atoms with Crippen molar-refractivity contribution in [3.63, 3.8) is 0 Å². The van der Waals surface area contributed by atoms with Crippen LogP contribution in [0.15, 0.2) is 72.9 Å². The summed E-state index contributed by atoms with van der Waals surface area (Å²) in [7, 11) is 0. The number of halogens is 2. The van der Waals surface area contributed by atoms with Gasteiger partial charge in [0.1, 0.15) is 11.6 Å². The molecule has 0 radical (unpaired) electrons. The molecule has 0 spiro atoms. The van der Waals surface area contributed by atoms with Gasteiger partial charge in [0.15, 0.2) is 11.6 Å². The number of ketones is 1. The van der Waals surface area contributed by atoms with E-state index in [4.69, 9.17) is 15.2 Å². The fourth-order valence-electron chi connectivity index (χ4n) is 4.57. The standard InChI is InChI=1S/C29H23F2N5O4/c30-22-2-1-3-25(26(22)31)40-20-7-5-19(6-8-20)36-28(32)21(16-33-36)27(37)24-15-18-14-17(4-9-23(18)34-24)29(38)35-10-12-39-13-11-35/h1-9,14-16,34H,10-13,32H2. The number of H-pyrrole nitrogens is 1. The van der Waals surface area contributed by atoms with Gasteiger partial charge in [-0.15, -0.1) is 0 Å². The number of benzene rings is 3. The molecule has 1 aliphatic heterocycles. The number of hydrogen-bond donors (Lipinski definition) is 2. The summed E-state index contributed by atoms with van der Waals surface area (Å²) in [5.74, 6) is -2.37. The molecule has 202 valence electrons. The minimum absolute atomic E-state index is 0.0812. The molecule has 2 aromatic heterocycles. The van der Waals surface area contributed by atoms with E-state index in [9.17, 15) is 18.4 Å². The van der Waals surface area contributed by atoms with Crippen molar-refractivity contribution in [1.82, 2.24) is 19.7 Å². The van der Waals surface area contributed by atoms with Crippen molar-refractivity contribution in [1.29, 1.82) is 0 Å². The number of amides is 1. The van der Waals surface area contributed by atoms with Crippen molar-refractivity contribution in [3.8, 4) is 17.2 Å². The van der Waals surface area contributed by atoms with Gasteiger partial charge in [0.2, 0.25) is 11.6 Å². The van der Waals surface area contributed by atoms with Gasteiger partial charge in [-0.05, 0) is 60.7 Å². The number of nitrogens with one attached hydrogen (secondary N) is 1. The maximum absolute atomic E-state index is 13.9. The van der Waals surface area contributed by atoms with Crippen molar-refractivity contribution in [2.75, 3.05) is 32.0 Å². The van der Waals surface area contributed by atoms with Crippen molar-refractivity contribution in [3.05, 3.63) is 101 Å². The summed E-state index contributed by atoms with van der Waals surface area (Å²) in [5.41, 5.74) is 8.57. The molecule has 0 aliphatic carbocycles. The summed E-state index contributed by atoms with van der Waals surface area (Å²) in [6, 6.07) is 17.0. The highest BCUT2D eigenvalue weighted by Crippen LogP contribution is 2.28. The first-order chi connectivity index (χ1) is 19.4. The molecule has 0 bridgehead atoms. The number of nitrogens with zero attached hydrogens (tertiary/aromatic N) is 3. The number of carbonyl (C=O) groups is 2. The van der Waals surface area contributed by atoms with Crippen LogP contribution < -0.4 is 10.5 Å². The molecule has 0 atom stereocenters. The third kappa shape index (κ3) is 4.67. The first kappa shape index (κ1) is 25.3. The van der Waals surface area contributed by atoms with Crippen LogP contribution in [0, 0.1) is 11.6 Å². The van der Waals surface area contributed by atoms with Crippen LogP contribution in [0.4, 0.5) is 14.6 Å². The quantitative estimate of drug-likeness (QED) is 0.300. The van der Waals surface area contributed by atoms with Gasteiger partial charge in [0, 0.05) is 29.6 Å². The van der Waals surface area contributed by atoms with Gasteiger partial charge >= 0.3 is 0 Å². The van der Waals surface area contributed by atoms with Gasteiger partial charge in [-0.3, -0.25) is 9.59 Å². The van der Waals surface area contributed by atoms with Gasteiger partial charge < -0.3 is 25.1 Å². The summed E-state index contributed by atoms with van der Waals surface area (Å²) < 4.78 is 39.5. The highest BCUT2D eigenvalue weighted by molar-refractivity contribution is 6.13. The van der Waals surface area contributed by atoms with Crippen molar-refractivity contribution in [2.24, 2.45) is 0 Å². The molecule has 3 heterocycles. The van der Waals surface area contributed by atoms with Crippen molar-refractivity contribution < 1.29 is 27.8 Å². The van der Waals surface area contributed by atoms with E-state index in [1.807, 2.05) is 0 Å². The average Bonchev–Trinajstić information content (AvgIpc) is 3.59. The van der Waals surface area contributed by atoms with E-state index in [2.05, 4.69) is 10.1 Å². The van der Waals surface area contributed by atoms with Crippen LogP contribution in [0.3, 0.4) is 0 Å².